The maximum absolute atomic E-state index is 13.3. The van der Waals surface area contributed by atoms with Crippen LogP contribution in [0.3, 0.4) is 0 Å². The molecular weight excluding hydrogens is 1280 g/mol. The average Bonchev–Trinajstić information content (AvgIpc) is 0.777. The van der Waals surface area contributed by atoms with E-state index in [2.05, 4.69) is 12.6 Å². The Labute approximate surface area is 598 Å². The predicted molar refractivity (Wildman–Crippen MR) is 399 cm³/mol. The van der Waals surface area contributed by atoms with Crippen molar-refractivity contribution < 1.29 is 33.7 Å². The molecule has 0 unspecified atom stereocenters. The van der Waals surface area contributed by atoms with E-state index in [0.717, 1.165) is 72.3 Å². The quantitative estimate of drug-likeness (QED) is 0.0633. The fourth-order valence-corrected chi connectivity index (χ4v) is 14.1. The maximum atomic E-state index is 13.3. The molecule has 3 saturated heterocycles. The second-order valence-electron chi connectivity index (χ2n) is 28.8. The number of hydrogen-bond donors (Lipinski definition) is 1. The highest BCUT2D eigenvalue weighted by Crippen LogP contribution is 2.47. The van der Waals surface area contributed by atoms with Crippen LogP contribution in [0.2, 0.25) is 0 Å². The molecule has 3 aromatic heterocycles. The standard InChI is InChI=1S/C29H31N3O3.C28H32N2O4.C28H30N2O3/c1-21(22-10-12-23(13-11-22)24-14-16-31(4)26(33)18-24)32-17-15-29(35-27(32)34,19-28(2,3)20-30)25-8-6-5-7-9-25;1-20(21-10-12-22(13-11-21)23-14-16-29(4)25(31)18-23)30-17-15-28(34-26(30)32,19-27(2,3)33)24-8-6-5-7-9-24;1-20(2)19-28(25-8-6-5-7-9-25)15-17-30(27(32)33-28)21(3)22-10-12-23(13-11-22)24-14-16-29(4)26(31)18-24/h5-14,16,18,21H,15,17,19H2,1-4H3;5-14,16,18,20,33H,15,17,19H2,1-4H3;5-14,16,18,21H,1,15,17,19H2,2-4H3/t21-,29-;20-,28-;21-,28-/m000/s1. The molecule has 0 radical (unpaired) electrons. The van der Waals surface area contributed by atoms with Crippen LogP contribution >= 0.6 is 0 Å². The third kappa shape index (κ3) is 17.1. The molecule has 1 N–H and O–H groups in total. The number of aryl methyl sites for hydroxylation is 3. The van der Waals surface area contributed by atoms with Gasteiger partial charge in [-0.15, -0.1) is 0 Å². The van der Waals surface area contributed by atoms with E-state index < -0.39 is 27.8 Å². The molecule has 6 aromatic carbocycles. The molecule has 0 saturated carbocycles. The lowest BCUT2D eigenvalue weighted by Gasteiger charge is -2.45. The molecule has 3 aliphatic heterocycles. The Bertz CT molecular complexity index is 4670. The fraction of sp³-hybridized carbons (Fsp3) is 0.329. The van der Waals surface area contributed by atoms with Crippen LogP contribution in [0.25, 0.3) is 33.4 Å². The molecule has 528 valence electrons. The zero-order chi connectivity index (χ0) is 73.3. The van der Waals surface area contributed by atoms with Crippen molar-refractivity contribution in [2.45, 2.75) is 134 Å². The van der Waals surface area contributed by atoms with E-state index in [1.807, 2.05) is 224 Å². The van der Waals surface area contributed by atoms with E-state index in [0.29, 0.717) is 58.2 Å². The lowest BCUT2D eigenvalue weighted by Crippen LogP contribution is -2.51. The van der Waals surface area contributed by atoms with Crippen molar-refractivity contribution in [3.8, 4) is 39.4 Å². The molecule has 0 bridgehead atoms. The lowest BCUT2D eigenvalue weighted by atomic mass is 9.75. The van der Waals surface area contributed by atoms with Gasteiger partial charge in [0.1, 0.15) is 16.8 Å². The largest absolute Gasteiger partial charge is 0.438 e. The molecule has 12 rings (SSSR count). The summed E-state index contributed by atoms with van der Waals surface area (Å²) in [6.07, 6.45) is 7.45. The van der Waals surface area contributed by atoms with Crippen LogP contribution in [0.15, 0.2) is 245 Å². The highest BCUT2D eigenvalue weighted by molar-refractivity contribution is 5.73. The van der Waals surface area contributed by atoms with E-state index in [1.165, 1.54) is 9.13 Å². The average molecular weight is 1370 g/mol. The minimum Gasteiger partial charge on any atom is -0.438 e. The number of carbonyl (C=O) groups is 3. The van der Waals surface area contributed by atoms with Crippen molar-refractivity contribution in [1.29, 1.82) is 5.26 Å². The molecule has 3 amide bonds. The first-order valence-corrected chi connectivity index (χ1v) is 34.8. The number of cyclic esters (lactones) is 3. The Kier molecular flexibility index (Phi) is 22.4. The number of ether oxygens (including phenoxy) is 3. The number of rotatable bonds is 18. The summed E-state index contributed by atoms with van der Waals surface area (Å²) in [4.78, 5) is 80.9. The third-order valence-electron chi connectivity index (χ3n) is 20.0. The SMILES string of the molecule is C=C(C)C[C@]1(c2ccccc2)CCN([C@@H](C)c2ccc(-c3ccn(C)c(=O)c3)cc2)C(=O)O1.C[C@@H](c1ccc(-c2ccn(C)c(=O)c2)cc1)N1CC[C@](CC(C)(C)C#N)(c2ccccc2)OC1=O.C[C@@H](c1ccc(-c2ccn(C)c(=O)c2)cc1)N1CC[C@](CC(C)(C)O)(c2ccccc2)OC1=O. The number of carbonyl (C=O) groups excluding carboxylic acids is 3. The Morgan fingerprint density at radius 3 is 1.01 bits per heavy atom. The summed E-state index contributed by atoms with van der Waals surface area (Å²) in [5.74, 6) is 0. The van der Waals surface area contributed by atoms with Gasteiger partial charge >= 0.3 is 18.3 Å². The van der Waals surface area contributed by atoms with Crippen molar-refractivity contribution in [1.82, 2.24) is 28.4 Å². The van der Waals surface area contributed by atoms with Gasteiger partial charge in [0.25, 0.3) is 16.7 Å². The summed E-state index contributed by atoms with van der Waals surface area (Å²) in [7, 11) is 5.18. The Morgan fingerprint density at radius 1 is 0.451 bits per heavy atom. The Hall–Kier alpha value is -10.8. The minimum atomic E-state index is -0.988. The number of pyridine rings is 3. The number of benzene rings is 6. The number of hydrogen-bond acceptors (Lipinski definition) is 11. The second kappa shape index (κ2) is 31.0. The van der Waals surface area contributed by atoms with E-state index in [-0.39, 0.29) is 53.1 Å². The van der Waals surface area contributed by atoms with Gasteiger partial charge in [-0.25, -0.2) is 14.4 Å². The number of aliphatic hydroxyl groups is 1. The molecular formula is C85H93N7O10. The highest BCUT2D eigenvalue weighted by atomic mass is 16.6. The van der Waals surface area contributed by atoms with Gasteiger partial charge in [-0.05, 0) is 140 Å². The van der Waals surface area contributed by atoms with Gasteiger partial charge in [0.15, 0.2) is 0 Å². The number of amides is 3. The van der Waals surface area contributed by atoms with E-state index in [4.69, 9.17) is 14.2 Å². The van der Waals surface area contributed by atoms with Gasteiger partial charge in [-0.2, -0.15) is 5.26 Å². The predicted octanol–water partition coefficient (Wildman–Crippen LogP) is 16.6. The van der Waals surface area contributed by atoms with E-state index in [9.17, 15) is 39.1 Å². The van der Waals surface area contributed by atoms with Crippen LogP contribution in [0.4, 0.5) is 14.4 Å². The monoisotopic (exact) mass is 1370 g/mol. The van der Waals surface area contributed by atoms with E-state index >= 15 is 0 Å². The molecule has 3 fully saturated rings. The zero-order valence-corrected chi connectivity index (χ0v) is 60.3. The van der Waals surface area contributed by atoms with Gasteiger partial charge in [0.05, 0.1) is 35.2 Å². The van der Waals surface area contributed by atoms with E-state index in [1.54, 1.807) is 91.0 Å². The summed E-state index contributed by atoms with van der Waals surface area (Å²) in [6, 6.07) is 65.7. The first-order valence-electron chi connectivity index (χ1n) is 34.8. The molecule has 17 nitrogen and oxygen atoms in total. The lowest BCUT2D eigenvalue weighted by molar-refractivity contribution is -0.101. The Balaban J connectivity index is 0.000000165. The summed E-state index contributed by atoms with van der Waals surface area (Å²) in [5, 5.41) is 20.2. The van der Waals surface area contributed by atoms with Gasteiger partial charge in [0.2, 0.25) is 0 Å². The molecule has 6 heterocycles. The first kappa shape index (κ1) is 73.9. The van der Waals surface area contributed by atoms with Crippen LogP contribution in [0.5, 0.6) is 0 Å². The normalized spacial score (nSPS) is 19.2. The molecule has 17 heteroatoms. The van der Waals surface area contributed by atoms with Gasteiger partial charge < -0.3 is 47.7 Å². The topological polar surface area (TPSA) is 199 Å². The van der Waals surface area contributed by atoms with Gasteiger partial charge in [0, 0.05) is 116 Å². The molecule has 0 spiro atoms. The van der Waals surface area contributed by atoms with Gasteiger partial charge in [-0.1, -0.05) is 176 Å². The van der Waals surface area contributed by atoms with Crippen LogP contribution in [0, 0.1) is 16.7 Å². The van der Waals surface area contributed by atoms with Crippen molar-refractivity contribution in [3.63, 3.8) is 0 Å². The molecule has 102 heavy (non-hydrogen) atoms. The second-order valence-corrected chi connectivity index (χ2v) is 28.8. The fourth-order valence-electron chi connectivity index (χ4n) is 14.1. The van der Waals surface area contributed by atoms with Crippen LogP contribution in [-0.2, 0) is 52.2 Å². The molecule has 6 atom stereocenters. The first-order chi connectivity index (χ1) is 48.5. The summed E-state index contributed by atoms with van der Waals surface area (Å²) in [5.41, 5.74) is 8.09. The summed E-state index contributed by atoms with van der Waals surface area (Å²) < 4.78 is 23.0. The zero-order valence-electron chi connectivity index (χ0n) is 60.3. The highest BCUT2D eigenvalue weighted by Gasteiger charge is 2.49. The van der Waals surface area contributed by atoms with Crippen LogP contribution < -0.4 is 16.7 Å². The number of aromatic nitrogens is 3. The smallest absolute Gasteiger partial charge is 0.411 e. The number of nitriles is 1. The molecule has 0 aliphatic carbocycles. The molecule has 3 aliphatic rings. The van der Waals surface area contributed by atoms with Crippen molar-refractivity contribution in [2.24, 2.45) is 26.6 Å². The molecule has 9 aromatic rings. The Morgan fingerprint density at radius 2 is 0.735 bits per heavy atom. The third-order valence-corrected chi connectivity index (χ3v) is 20.0. The van der Waals surface area contributed by atoms with Crippen molar-refractivity contribution in [3.05, 3.63) is 295 Å². The number of nitrogens with zero attached hydrogens (tertiary/aromatic N) is 7. The van der Waals surface area contributed by atoms with Gasteiger partial charge in [-0.3, -0.25) is 14.4 Å². The van der Waals surface area contributed by atoms with Crippen molar-refractivity contribution in [2.75, 3.05) is 19.6 Å². The minimum absolute atomic E-state index is 0.0438. The van der Waals surface area contributed by atoms with Crippen LogP contribution in [0.1, 0.15) is 145 Å². The van der Waals surface area contributed by atoms with Crippen molar-refractivity contribution >= 4 is 18.3 Å². The van der Waals surface area contributed by atoms with Crippen LogP contribution in [-0.4, -0.2) is 77.0 Å². The maximum Gasteiger partial charge on any atom is 0.411 e. The summed E-state index contributed by atoms with van der Waals surface area (Å²) in [6.45, 7) is 20.9. The summed E-state index contributed by atoms with van der Waals surface area (Å²) >= 11 is 0.